The van der Waals surface area contributed by atoms with Crippen molar-refractivity contribution in [1.29, 1.82) is 0 Å². The first kappa shape index (κ1) is 23.8. The lowest BCUT2D eigenvalue weighted by atomic mass is 10.0. The zero-order chi connectivity index (χ0) is 24.1. The average Bonchev–Trinajstić information content (AvgIpc) is 3.59. The van der Waals surface area contributed by atoms with Gasteiger partial charge in [-0.25, -0.2) is 4.39 Å². The summed E-state index contributed by atoms with van der Waals surface area (Å²) < 4.78 is 20.6. The first-order valence-corrected chi connectivity index (χ1v) is 11.6. The summed E-state index contributed by atoms with van der Waals surface area (Å²) in [5.41, 5.74) is 2.05. The highest BCUT2D eigenvalue weighted by Crippen LogP contribution is 2.33. The van der Waals surface area contributed by atoms with Gasteiger partial charge in [0, 0.05) is 37.0 Å². The van der Waals surface area contributed by atoms with E-state index in [9.17, 15) is 14.0 Å². The summed E-state index contributed by atoms with van der Waals surface area (Å²) in [7, 11) is 0. The molecular formula is C26H28FN3O4. The van der Waals surface area contributed by atoms with E-state index in [-0.39, 0.29) is 43.0 Å². The van der Waals surface area contributed by atoms with Crippen LogP contribution in [0.25, 0.3) is 5.69 Å². The van der Waals surface area contributed by atoms with Crippen molar-refractivity contribution < 1.29 is 23.8 Å². The minimum atomic E-state index is -0.502. The van der Waals surface area contributed by atoms with Crippen molar-refractivity contribution in [2.75, 3.05) is 6.61 Å². The molecule has 1 atom stereocenters. The summed E-state index contributed by atoms with van der Waals surface area (Å²) in [6.45, 7) is 1.91. The van der Waals surface area contributed by atoms with Gasteiger partial charge in [0.15, 0.2) is 5.78 Å². The lowest BCUT2D eigenvalue weighted by molar-refractivity contribution is -0.118. The summed E-state index contributed by atoms with van der Waals surface area (Å²) in [6.07, 6.45) is 4.41. The van der Waals surface area contributed by atoms with E-state index in [1.165, 1.54) is 10.9 Å². The van der Waals surface area contributed by atoms with E-state index < -0.39 is 5.82 Å². The minimum Gasteiger partial charge on any atom is -0.484 e. The van der Waals surface area contributed by atoms with E-state index in [1.807, 2.05) is 6.92 Å². The number of rotatable bonds is 12. The molecule has 34 heavy (non-hydrogen) atoms. The number of benzene rings is 2. The number of hydrogen-bond acceptors (Lipinski definition) is 6. The second-order valence-electron chi connectivity index (χ2n) is 8.55. The number of ether oxygens (including phenoxy) is 1. The Bertz CT molecular complexity index is 1160. The molecule has 3 aromatic rings. The molecule has 1 aromatic heterocycles. The molecule has 0 aliphatic heterocycles. The van der Waals surface area contributed by atoms with Crippen LogP contribution in [-0.4, -0.2) is 38.3 Å². The van der Waals surface area contributed by atoms with E-state index in [4.69, 9.17) is 9.84 Å². The van der Waals surface area contributed by atoms with Gasteiger partial charge in [-0.05, 0) is 61.6 Å². The fourth-order valence-electron chi connectivity index (χ4n) is 3.72. The molecule has 0 spiro atoms. The zero-order valence-electron chi connectivity index (χ0n) is 19.1. The number of hydrogen-bond donors (Lipinski definition) is 1. The summed E-state index contributed by atoms with van der Waals surface area (Å²) in [5.74, 6) is 0.381. The third-order valence-corrected chi connectivity index (χ3v) is 5.84. The molecule has 1 heterocycles. The van der Waals surface area contributed by atoms with Gasteiger partial charge in [0.25, 0.3) is 0 Å². The number of ketones is 2. The van der Waals surface area contributed by atoms with E-state index in [0.29, 0.717) is 41.1 Å². The normalized spacial score (nSPS) is 14.1. The molecule has 178 valence electrons. The maximum absolute atomic E-state index is 14.6. The van der Waals surface area contributed by atoms with E-state index in [0.717, 1.165) is 12.8 Å². The molecule has 0 bridgehead atoms. The van der Waals surface area contributed by atoms with Crippen molar-refractivity contribution in [3.63, 3.8) is 0 Å². The maximum atomic E-state index is 14.6. The van der Waals surface area contributed by atoms with Crippen LogP contribution in [0, 0.1) is 11.7 Å². The van der Waals surface area contributed by atoms with Crippen molar-refractivity contribution in [2.24, 2.45) is 5.92 Å². The van der Waals surface area contributed by atoms with E-state index in [1.54, 1.807) is 42.6 Å². The number of aliphatic hydroxyl groups excluding tert-OH is 1. The van der Waals surface area contributed by atoms with Gasteiger partial charge in [-0.3, -0.25) is 9.59 Å². The van der Waals surface area contributed by atoms with Crippen LogP contribution in [0.4, 0.5) is 4.39 Å². The van der Waals surface area contributed by atoms with Crippen molar-refractivity contribution in [3.05, 3.63) is 71.3 Å². The van der Waals surface area contributed by atoms with E-state index >= 15 is 0 Å². The van der Waals surface area contributed by atoms with Crippen molar-refractivity contribution in [3.8, 4) is 11.4 Å². The molecule has 1 N–H and O–H groups in total. The molecular weight excluding hydrogens is 437 g/mol. The Morgan fingerprint density at radius 1 is 1.21 bits per heavy atom. The van der Waals surface area contributed by atoms with Gasteiger partial charge in [-0.15, -0.1) is 5.10 Å². The molecule has 7 nitrogen and oxygen atoms in total. The number of halogens is 1. The minimum absolute atomic E-state index is 0.0132. The van der Waals surface area contributed by atoms with Gasteiger partial charge >= 0.3 is 0 Å². The molecule has 1 aliphatic carbocycles. The highest BCUT2D eigenvalue weighted by atomic mass is 19.1. The largest absolute Gasteiger partial charge is 0.484 e. The van der Waals surface area contributed by atoms with Crippen LogP contribution in [0.5, 0.6) is 5.75 Å². The predicted molar refractivity (Wildman–Crippen MR) is 124 cm³/mol. The lowest BCUT2D eigenvalue weighted by Crippen LogP contribution is -2.09. The number of carbonyl (C=O) groups excluding carboxylic acids is 2. The van der Waals surface area contributed by atoms with Gasteiger partial charge in [0.1, 0.15) is 29.1 Å². The Labute approximate surface area is 197 Å². The number of carbonyl (C=O) groups is 2. The predicted octanol–water partition coefficient (Wildman–Crippen LogP) is 4.41. The fraction of sp³-hybridized carbons (Fsp3) is 0.385. The Balaban J connectivity index is 1.42. The zero-order valence-corrected chi connectivity index (χ0v) is 19.1. The quantitative estimate of drug-likeness (QED) is 0.398. The molecule has 2 aromatic carbocycles. The highest BCUT2D eigenvalue weighted by molar-refractivity contribution is 5.99. The SMILES string of the molecule is CCC(Oc1ccc(C(=O)C2CC2)cc1)c1cnn(-c2ccc(CC(=O)CCCO)c(F)c2)n1. The number of aliphatic hydroxyl groups is 1. The van der Waals surface area contributed by atoms with Crippen LogP contribution < -0.4 is 4.74 Å². The summed E-state index contributed by atoms with van der Waals surface area (Å²) >= 11 is 0. The lowest BCUT2D eigenvalue weighted by Gasteiger charge is -2.15. The first-order chi connectivity index (χ1) is 16.5. The van der Waals surface area contributed by atoms with Gasteiger partial charge in [-0.2, -0.15) is 9.90 Å². The smallest absolute Gasteiger partial charge is 0.165 e. The number of aromatic nitrogens is 3. The van der Waals surface area contributed by atoms with Crippen LogP contribution in [0.15, 0.2) is 48.7 Å². The van der Waals surface area contributed by atoms with Crippen molar-refractivity contribution in [1.82, 2.24) is 15.0 Å². The second kappa shape index (κ2) is 10.7. The van der Waals surface area contributed by atoms with E-state index in [2.05, 4.69) is 10.2 Å². The Hall–Kier alpha value is -3.39. The van der Waals surface area contributed by atoms with Crippen LogP contribution in [-0.2, 0) is 11.2 Å². The van der Waals surface area contributed by atoms with Crippen molar-refractivity contribution >= 4 is 11.6 Å². The van der Waals surface area contributed by atoms with Gasteiger partial charge in [0.05, 0.1) is 11.9 Å². The van der Waals surface area contributed by atoms with Crippen LogP contribution in [0.3, 0.4) is 0 Å². The second-order valence-corrected chi connectivity index (χ2v) is 8.55. The molecule has 1 saturated carbocycles. The fourth-order valence-corrected chi connectivity index (χ4v) is 3.72. The Morgan fingerprint density at radius 3 is 2.62 bits per heavy atom. The van der Waals surface area contributed by atoms with Crippen LogP contribution in [0.2, 0.25) is 0 Å². The molecule has 1 aliphatic rings. The molecule has 0 amide bonds. The van der Waals surface area contributed by atoms with Crippen LogP contribution in [0.1, 0.15) is 66.7 Å². The maximum Gasteiger partial charge on any atom is 0.165 e. The monoisotopic (exact) mass is 465 g/mol. The molecule has 4 rings (SSSR count). The van der Waals surface area contributed by atoms with Crippen molar-refractivity contribution in [2.45, 2.75) is 51.6 Å². The topological polar surface area (TPSA) is 94.3 Å². The summed E-state index contributed by atoms with van der Waals surface area (Å²) in [5, 5.41) is 17.5. The summed E-state index contributed by atoms with van der Waals surface area (Å²) in [6, 6.07) is 11.7. The first-order valence-electron chi connectivity index (χ1n) is 11.6. The molecule has 1 fully saturated rings. The summed E-state index contributed by atoms with van der Waals surface area (Å²) in [4.78, 5) is 25.4. The number of Topliss-reactive ketones (excluding diaryl/α,β-unsaturated/α-hetero) is 2. The average molecular weight is 466 g/mol. The van der Waals surface area contributed by atoms with Gasteiger partial charge in [-0.1, -0.05) is 13.0 Å². The Kier molecular flexibility index (Phi) is 7.47. The van der Waals surface area contributed by atoms with Gasteiger partial charge in [0.2, 0.25) is 0 Å². The molecule has 8 heteroatoms. The third-order valence-electron chi connectivity index (χ3n) is 5.84. The highest BCUT2D eigenvalue weighted by Gasteiger charge is 2.30. The molecule has 0 radical (unpaired) electrons. The third kappa shape index (κ3) is 5.75. The van der Waals surface area contributed by atoms with Gasteiger partial charge < -0.3 is 9.84 Å². The number of nitrogens with zero attached hydrogens (tertiary/aromatic N) is 3. The Morgan fingerprint density at radius 2 is 1.97 bits per heavy atom. The standard InChI is InChI=1S/C26H28FN3O4/c1-2-25(34-22-11-8-18(9-12-22)26(33)17-5-6-17)24-16-28-30(29-24)20-10-7-19(23(27)15-20)14-21(32)4-3-13-31/h7-12,15-17,25,31H,2-6,13-14H2,1H3. The molecule has 0 saturated heterocycles. The van der Waals surface area contributed by atoms with Crippen LogP contribution >= 0.6 is 0 Å². The molecule has 1 unspecified atom stereocenters.